The molecule has 1 heterocycles. The van der Waals surface area contributed by atoms with Gasteiger partial charge in [-0.2, -0.15) is 0 Å². The Morgan fingerprint density at radius 3 is 2.76 bits per heavy atom. The van der Waals surface area contributed by atoms with Crippen LogP contribution in [0.5, 0.6) is 11.5 Å². The SMILES string of the molecule is CCSc1nc(-c2ccc(O)c(OC)c2)cc(=NC)n1C. The Morgan fingerprint density at radius 1 is 1.38 bits per heavy atom. The Morgan fingerprint density at radius 2 is 2.14 bits per heavy atom. The number of phenols is 1. The number of ether oxygens (including phenoxy) is 1. The molecule has 1 N–H and O–H groups in total. The van der Waals surface area contributed by atoms with Crippen LogP contribution in [0.15, 0.2) is 34.4 Å². The molecule has 0 atom stereocenters. The van der Waals surface area contributed by atoms with Crippen LogP contribution in [0, 0.1) is 0 Å². The zero-order chi connectivity index (χ0) is 15.4. The summed E-state index contributed by atoms with van der Waals surface area (Å²) in [6.45, 7) is 2.09. The average Bonchev–Trinajstić information content (AvgIpc) is 2.50. The van der Waals surface area contributed by atoms with Gasteiger partial charge in [0.2, 0.25) is 0 Å². The summed E-state index contributed by atoms with van der Waals surface area (Å²) in [6.07, 6.45) is 0. The van der Waals surface area contributed by atoms with Crippen molar-refractivity contribution in [3.8, 4) is 22.8 Å². The summed E-state index contributed by atoms with van der Waals surface area (Å²) < 4.78 is 7.12. The summed E-state index contributed by atoms with van der Waals surface area (Å²) in [7, 11) is 5.24. The van der Waals surface area contributed by atoms with E-state index in [4.69, 9.17) is 4.74 Å². The number of phenolic OH excluding ortho intramolecular Hbond substituents is 1. The van der Waals surface area contributed by atoms with Gasteiger partial charge in [0.05, 0.1) is 12.8 Å². The van der Waals surface area contributed by atoms with E-state index in [9.17, 15) is 5.11 Å². The van der Waals surface area contributed by atoms with Crippen LogP contribution in [0.4, 0.5) is 0 Å². The molecule has 0 spiro atoms. The number of aromatic nitrogens is 2. The quantitative estimate of drug-likeness (QED) is 0.696. The van der Waals surface area contributed by atoms with Crippen LogP contribution in [-0.4, -0.2) is 34.6 Å². The Balaban J connectivity index is 2.61. The normalized spacial score (nSPS) is 11.7. The lowest BCUT2D eigenvalue weighted by Gasteiger charge is -2.11. The van der Waals surface area contributed by atoms with Crippen molar-refractivity contribution in [1.29, 1.82) is 0 Å². The van der Waals surface area contributed by atoms with Crippen molar-refractivity contribution in [2.75, 3.05) is 19.9 Å². The van der Waals surface area contributed by atoms with Crippen molar-refractivity contribution in [3.05, 3.63) is 29.8 Å². The molecule has 2 aromatic rings. The maximum absolute atomic E-state index is 9.69. The van der Waals surface area contributed by atoms with E-state index in [1.54, 1.807) is 30.9 Å². The summed E-state index contributed by atoms with van der Waals surface area (Å²) in [5.74, 6) is 1.49. The number of nitrogens with zero attached hydrogens (tertiary/aromatic N) is 3. The van der Waals surface area contributed by atoms with Crippen molar-refractivity contribution < 1.29 is 9.84 Å². The molecule has 6 heteroatoms. The highest BCUT2D eigenvalue weighted by molar-refractivity contribution is 7.99. The molecule has 0 aliphatic heterocycles. The third-order valence-corrected chi connectivity index (χ3v) is 4.00. The molecule has 0 bridgehead atoms. The van der Waals surface area contributed by atoms with Gasteiger partial charge < -0.3 is 14.4 Å². The second-order valence-corrected chi connectivity index (χ2v) is 5.62. The van der Waals surface area contributed by atoms with Gasteiger partial charge >= 0.3 is 0 Å². The average molecular weight is 305 g/mol. The van der Waals surface area contributed by atoms with E-state index >= 15 is 0 Å². The van der Waals surface area contributed by atoms with Gasteiger partial charge in [0.1, 0.15) is 5.49 Å². The van der Waals surface area contributed by atoms with Crippen LogP contribution in [-0.2, 0) is 7.05 Å². The molecule has 0 radical (unpaired) electrons. The molecule has 0 amide bonds. The van der Waals surface area contributed by atoms with E-state index in [1.165, 1.54) is 7.11 Å². The van der Waals surface area contributed by atoms with Crippen molar-refractivity contribution in [3.63, 3.8) is 0 Å². The summed E-state index contributed by atoms with van der Waals surface area (Å²) in [5.41, 5.74) is 2.54. The van der Waals surface area contributed by atoms with Gasteiger partial charge in [-0.15, -0.1) is 0 Å². The first-order chi connectivity index (χ1) is 10.1. The van der Waals surface area contributed by atoms with Crippen LogP contribution in [0.3, 0.4) is 0 Å². The fourth-order valence-corrected chi connectivity index (χ4v) is 2.69. The predicted octanol–water partition coefficient (Wildman–Crippen LogP) is 2.44. The topological polar surface area (TPSA) is 59.6 Å². The molecule has 112 valence electrons. The number of hydrogen-bond acceptors (Lipinski definition) is 5. The Kier molecular flexibility index (Phi) is 4.90. The fraction of sp³-hybridized carbons (Fsp3) is 0.333. The van der Waals surface area contributed by atoms with E-state index in [1.807, 2.05) is 23.7 Å². The first-order valence-corrected chi connectivity index (χ1v) is 7.60. The van der Waals surface area contributed by atoms with E-state index < -0.39 is 0 Å². The molecule has 0 aliphatic carbocycles. The number of aromatic hydroxyl groups is 1. The highest BCUT2D eigenvalue weighted by Crippen LogP contribution is 2.30. The van der Waals surface area contributed by atoms with Crippen LogP contribution >= 0.6 is 11.8 Å². The van der Waals surface area contributed by atoms with Crippen LogP contribution in [0.1, 0.15) is 6.92 Å². The maximum atomic E-state index is 9.69. The first kappa shape index (κ1) is 15.4. The highest BCUT2D eigenvalue weighted by Gasteiger charge is 2.09. The Bertz CT molecular complexity index is 711. The molecular weight excluding hydrogens is 286 g/mol. The van der Waals surface area contributed by atoms with E-state index in [0.29, 0.717) is 5.75 Å². The molecule has 0 aliphatic rings. The van der Waals surface area contributed by atoms with Gasteiger partial charge in [-0.25, -0.2) is 4.98 Å². The Labute approximate surface area is 128 Å². The second-order valence-electron chi connectivity index (χ2n) is 4.38. The predicted molar refractivity (Wildman–Crippen MR) is 84.7 cm³/mol. The van der Waals surface area contributed by atoms with E-state index in [2.05, 4.69) is 16.9 Å². The monoisotopic (exact) mass is 305 g/mol. The largest absolute Gasteiger partial charge is 0.504 e. The zero-order valence-corrected chi connectivity index (χ0v) is 13.4. The van der Waals surface area contributed by atoms with Gasteiger partial charge in [0, 0.05) is 25.7 Å². The third-order valence-electron chi connectivity index (χ3n) is 3.09. The summed E-state index contributed by atoms with van der Waals surface area (Å²) in [4.78, 5) is 8.96. The fourth-order valence-electron chi connectivity index (χ4n) is 1.99. The lowest BCUT2D eigenvalue weighted by Crippen LogP contribution is -2.21. The zero-order valence-electron chi connectivity index (χ0n) is 12.6. The molecule has 2 rings (SSSR count). The van der Waals surface area contributed by atoms with Gasteiger partial charge in [-0.05, 0) is 24.0 Å². The van der Waals surface area contributed by atoms with Crippen LogP contribution in [0.25, 0.3) is 11.3 Å². The summed E-state index contributed by atoms with van der Waals surface area (Å²) >= 11 is 1.66. The Hall–Kier alpha value is -1.95. The molecule has 0 saturated carbocycles. The molecule has 1 aromatic carbocycles. The molecule has 1 aromatic heterocycles. The first-order valence-electron chi connectivity index (χ1n) is 6.61. The van der Waals surface area contributed by atoms with Crippen molar-refractivity contribution in [1.82, 2.24) is 9.55 Å². The molecule has 5 nitrogen and oxygen atoms in total. The van der Waals surface area contributed by atoms with Gasteiger partial charge in [-0.3, -0.25) is 4.99 Å². The number of thioether (sulfide) groups is 1. The van der Waals surface area contributed by atoms with Crippen LogP contribution < -0.4 is 10.2 Å². The van der Waals surface area contributed by atoms with Gasteiger partial charge in [0.15, 0.2) is 16.7 Å². The van der Waals surface area contributed by atoms with Gasteiger partial charge in [-0.1, -0.05) is 18.7 Å². The summed E-state index contributed by atoms with van der Waals surface area (Å²) in [6, 6.07) is 7.13. The molecular formula is C15H19N3O2S. The lowest BCUT2D eigenvalue weighted by atomic mass is 10.1. The maximum Gasteiger partial charge on any atom is 0.169 e. The smallest absolute Gasteiger partial charge is 0.169 e. The summed E-state index contributed by atoms with van der Waals surface area (Å²) in [5, 5.41) is 10.6. The third kappa shape index (κ3) is 3.21. The lowest BCUT2D eigenvalue weighted by molar-refractivity contribution is 0.373. The van der Waals surface area contributed by atoms with Crippen molar-refractivity contribution in [2.24, 2.45) is 12.0 Å². The number of methoxy groups -OCH3 is 1. The standard InChI is InChI=1S/C15H19N3O2S/c1-5-21-15-17-11(9-14(16-2)18(15)3)10-6-7-12(19)13(8-10)20-4/h6-9,19H,5H2,1-4H3. The molecule has 0 unspecified atom stereocenters. The van der Waals surface area contributed by atoms with Crippen molar-refractivity contribution in [2.45, 2.75) is 12.1 Å². The number of rotatable bonds is 4. The van der Waals surface area contributed by atoms with Crippen LogP contribution in [0.2, 0.25) is 0 Å². The number of benzene rings is 1. The highest BCUT2D eigenvalue weighted by atomic mass is 32.2. The van der Waals surface area contributed by atoms with E-state index in [0.717, 1.165) is 27.7 Å². The minimum atomic E-state index is 0.117. The van der Waals surface area contributed by atoms with Gasteiger partial charge in [0.25, 0.3) is 0 Å². The molecule has 0 fully saturated rings. The van der Waals surface area contributed by atoms with E-state index in [-0.39, 0.29) is 5.75 Å². The number of hydrogen-bond donors (Lipinski definition) is 1. The molecule has 21 heavy (non-hydrogen) atoms. The minimum absolute atomic E-state index is 0.117. The van der Waals surface area contributed by atoms with Crippen molar-refractivity contribution >= 4 is 11.8 Å². The minimum Gasteiger partial charge on any atom is -0.504 e. The second kappa shape index (κ2) is 6.67. The molecule has 0 saturated heterocycles.